The molecule has 21 heavy (non-hydrogen) atoms. The molecule has 1 unspecified atom stereocenters. The first kappa shape index (κ1) is 15.6. The molecule has 1 saturated heterocycles. The lowest BCUT2D eigenvalue weighted by molar-refractivity contribution is -0.137. The van der Waals surface area contributed by atoms with Gasteiger partial charge in [0, 0.05) is 25.7 Å². The molecule has 4 nitrogen and oxygen atoms in total. The summed E-state index contributed by atoms with van der Waals surface area (Å²) < 4.78 is 42.9. The van der Waals surface area contributed by atoms with E-state index in [9.17, 15) is 18.0 Å². The molecule has 2 rings (SSSR count). The van der Waals surface area contributed by atoms with Gasteiger partial charge in [-0.1, -0.05) is 6.07 Å². The van der Waals surface area contributed by atoms with Gasteiger partial charge in [0.25, 0.3) is 5.91 Å². The fraction of sp³-hybridized carbons (Fsp3) is 0.500. The van der Waals surface area contributed by atoms with Crippen molar-refractivity contribution in [2.45, 2.75) is 19.1 Å². The van der Waals surface area contributed by atoms with Crippen LogP contribution in [0.5, 0.6) is 5.75 Å². The van der Waals surface area contributed by atoms with Crippen LogP contribution in [0.2, 0.25) is 0 Å². The molecule has 0 aliphatic carbocycles. The Bertz CT molecular complexity index is 505. The smallest absolute Gasteiger partial charge is 0.416 e. The van der Waals surface area contributed by atoms with Gasteiger partial charge in [-0.25, -0.2) is 0 Å². The van der Waals surface area contributed by atoms with E-state index in [-0.39, 0.29) is 24.3 Å². The molecule has 1 aromatic carbocycles. The van der Waals surface area contributed by atoms with Crippen LogP contribution in [0.15, 0.2) is 24.3 Å². The van der Waals surface area contributed by atoms with Crippen molar-refractivity contribution in [3.63, 3.8) is 0 Å². The van der Waals surface area contributed by atoms with Gasteiger partial charge in [-0.15, -0.1) is 0 Å². The Hall–Kier alpha value is -1.76. The zero-order valence-corrected chi connectivity index (χ0v) is 11.6. The van der Waals surface area contributed by atoms with Crippen LogP contribution in [-0.2, 0) is 11.0 Å². The van der Waals surface area contributed by atoms with Crippen LogP contribution in [-0.4, -0.2) is 43.1 Å². The first-order valence-corrected chi connectivity index (χ1v) is 6.67. The van der Waals surface area contributed by atoms with E-state index in [0.29, 0.717) is 19.6 Å². The summed E-state index contributed by atoms with van der Waals surface area (Å²) in [6.45, 7) is 3.57. The van der Waals surface area contributed by atoms with Crippen molar-refractivity contribution in [3.8, 4) is 5.75 Å². The average Bonchev–Trinajstić information content (AvgIpc) is 2.44. The predicted molar refractivity (Wildman–Crippen MR) is 71.0 cm³/mol. The van der Waals surface area contributed by atoms with Gasteiger partial charge >= 0.3 is 6.18 Å². The molecule has 0 spiro atoms. The standard InChI is InChI=1S/C14H17F3N2O2/c1-10-8-19(6-5-18-10)13(20)9-21-12-4-2-3-11(7-12)14(15,16)17/h2-4,7,10,18H,5-6,8-9H2,1H3. The van der Waals surface area contributed by atoms with Gasteiger partial charge in [0.15, 0.2) is 6.61 Å². The van der Waals surface area contributed by atoms with Crippen molar-refractivity contribution in [2.75, 3.05) is 26.2 Å². The predicted octanol–water partition coefficient (Wildman–Crippen LogP) is 1.90. The number of rotatable bonds is 3. The normalized spacial score (nSPS) is 19.4. The Morgan fingerprint density at radius 1 is 1.48 bits per heavy atom. The molecule has 0 bridgehead atoms. The number of halogens is 3. The van der Waals surface area contributed by atoms with Gasteiger partial charge in [0.05, 0.1) is 5.56 Å². The van der Waals surface area contributed by atoms with E-state index >= 15 is 0 Å². The first-order chi connectivity index (χ1) is 9.86. The molecule has 1 heterocycles. The number of ether oxygens (including phenoxy) is 1. The van der Waals surface area contributed by atoms with Gasteiger partial charge in [-0.2, -0.15) is 13.2 Å². The molecule has 1 atom stereocenters. The van der Waals surface area contributed by atoms with Crippen molar-refractivity contribution in [2.24, 2.45) is 0 Å². The van der Waals surface area contributed by atoms with E-state index in [1.165, 1.54) is 12.1 Å². The lowest BCUT2D eigenvalue weighted by Gasteiger charge is -2.31. The SMILES string of the molecule is CC1CN(C(=O)COc2cccc(C(F)(F)F)c2)CCN1. The van der Waals surface area contributed by atoms with Crippen LogP contribution in [0.3, 0.4) is 0 Å². The summed E-state index contributed by atoms with van der Waals surface area (Å²) in [5.41, 5.74) is -0.789. The van der Waals surface area contributed by atoms with E-state index in [2.05, 4.69) is 5.32 Å². The lowest BCUT2D eigenvalue weighted by atomic mass is 10.2. The highest BCUT2D eigenvalue weighted by atomic mass is 19.4. The number of amides is 1. The van der Waals surface area contributed by atoms with Crippen molar-refractivity contribution in [3.05, 3.63) is 29.8 Å². The van der Waals surface area contributed by atoms with Crippen LogP contribution in [0.25, 0.3) is 0 Å². The molecule has 1 amide bonds. The Labute approximate surface area is 120 Å². The van der Waals surface area contributed by atoms with Gasteiger partial charge in [0.2, 0.25) is 0 Å². The third kappa shape index (κ3) is 4.35. The highest BCUT2D eigenvalue weighted by Crippen LogP contribution is 2.31. The van der Waals surface area contributed by atoms with E-state index < -0.39 is 11.7 Å². The van der Waals surface area contributed by atoms with Crippen LogP contribution in [0.1, 0.15) is 12.5 Å². The number of nitrogens with zero attached hydrogens (tertiary/aromatic N) is 1. The number of alkyl halides is 3. The number of hydrogen-bond acceptors (Lipinski definition) is 3. The number of piperazine rings is 1. The second-order valence-electron chi connectivity index (χ2n) is 5.01. The minimum atomic E-state index is -4.42. The topological polar surface area (TPSA) is 41.6 Å². The third-order valence-electron chi connectivity index (χ3n) is 3.25. The molecular formula is C14H17F3N2O2. The maximum atomic E-state index is 12.6. The summed E-state index contributed by atoms with van der Waals surface area (Å²) in [4.78, 5) is 13.6. The summed E-state index contributed by atoms with van der Waals surface area (Å²) in [7, 11) is 0. The van der Waals surface area contributed by atoms with E-state index in [0.717, 1.165) is 12.1 Å². The Morgan fingerprint density at radius 3 is 2.90 bits per heavy atom. The van der Waals surface area contributed by atoms with Gasteiger partial charge in [-0.05, 0) is 25.1 Å². The maximum absolute atomic E-state index is 12.6. The quantitative estimate of drug-likeness (QED) is 0.927. The van der Waals surface area contributed by atoms with Crippen molar-refractivity contribution >= 4 is 5.91 Å². The van der Waals surface area contributed by atoms with Gasteiger partial charge in [-0.3, -0.25) is 4.79 Å². The Kier molecular flexibility index (Phi) is 4.72. The van der Waals surface area contributed by atoms with Crippen LogP contribution >= 0.6 is 0 Å². The summed E-state index contributed by atoms with van der Waals surface area (Å²) >= 11 is 0. The molecule has 1 aromatic rings. The van der Waals surface area contributed by atoms with Gasteiger partial charge < -0.3 is 15.0 Å². The minimum Gasteiger partial charge on any atom is -0.484 e. The van der Waals surface area contributed by atoms with E-state index in [4.69, 9.17) is 4.74 Å². The molecule has 1 aliphatic heterocycles. The van der Waals surface area contributed by atoms with Crippen molar-refractivity contribution < 1.29 is 22.7 Å². The first-order valence-electron chi connectivity index (χ1n) is 6.67. The van der Waals surface area contributed by atoms with Crippen LogP contribution < -0.4 is 10.1 Å². The van der Waals surface area contributed by atoms with Crippen LogP contribution in [0.4, 0.5) is 13.2 Å². The number of hydrogen-bond donors (Lipinski definition) is 1. The molecule has 116 valence electrons. The van der Waals surface area contributed by atoms with Gasteiger partial charge in [0.1, 0.15) is 5.75 Å². The number of carbonyl (C=O) groups is 1. The summed E-state index contributed by atoms with van der Waals surface area (Å²) in [5.74, 6) is -0.179. The summed E-state index contributed by atoms with van der Waals surface area (Å²) in [6.07, 6.45) is -4.42. The molecule has 1 N–H and O–H groups in total. The molecule has 7 heteroatoms. The zero-order chi connectivity index (χ0) is 15.5. The fourth-order valence-corrected chi connectivity index (χ4v) is 2.16. The van der Waals surface area contributed by atoms with E-state index in [1.807, 2.05) is 6.92 Å². The van der Waals surface area contributed by atoms with E-state index in [1.54, 1.807) is 4.90 Å². The molecular weight excluding hydrogens is 285 g/mol. The highest BCUT2D eigenvalue weighted by molar-refractivity contribution is 5.78. The zero-order valence-electron chi connectivity index (χ0n) is 11.6. The second kappa shape index (κ2) is 6.34. The molecule has 0 saturated carbocycles. The Morgan fingerprint density at radius 2 is 2.24 bits per heavy atom. The molecule has 1 fully saturated rings. The monoisotopic (exact) mass is 302 g/mol. The molecule has 1 aliphatic rings. The Balaban J connectivity index is 1.92. The largest absolute Gasteiger partial charge is 0.484 e. The maximum Gasteiger partial charge on any atom is 0.416 e. The average molecular weight is 302 g/mol. The summed E-state index contributed by atoms with van der Waals surface area (Å²) in [6, 6.07) is 4.73. The highest BCUT2D eigenvalue weighted by Gasteiger charge is 2.30. The second-order valence-corrected chi connectivity index (χ2v) is 5.01. The summed E-state index contributed by atoms with van der Waals surface area (Å²) in [5, 5.41) is 3.20. The molecule has 0 aromatic heterocycles. The number of nitrogens with one attached hydrogen (secondary N) is 1. The van der Waals surface area contributed by atoms with Crippen molar-refractivity contribution in [1.82, 2.24) is 10.2 Å². The molecule has 0 radical (unpaired) electrons. The third-order valence-corrected chi connectivity index (χ3v) is 3.25. The fourth-order valence-electron chi connectivity index (χ4n) is 2.16. The van der Waals surface area contributed by atoms with Crippen LogP contribution in [0, 0.1) is 0 Å². The number of benzene rings is 1. The lowest BCUT2D eigenvalue weighted by Crippen LogP contribution is -2.52. The number of carbonyl (C=O) groups excluding carboxylic acids is 1. The van der Waals surface area contributed by atoms with Crippen molar-refractivity contribution in [1.29, 1.82) is 0 Å². The minimum absolute atomic E-state index is 0.0429.